The lowest BCUT2D eigenvalue weighted by molar-refractivity contribution is 0.621. The number of thioether (sulfide) groups is 1. The molecule has 0 aromatic heterocycles. The zero-order chi connectivity index (χ0) is 11.3. The van der Waals surface area contributed by atoms with Crippen LogP contribution in [0.1, 0.15) is 25.8 Å². The van der Waals surface area contributed by atoms with E-state index in [1.54, 1.807) is 23.9 Å². The zero-order valence-electron chi connectivity index (χ0n) is 9.29. The highest BCUT2D eigenvalue weighted by atomic mass is 32.2. The minimum Gasteiger partial charge on any atom is -0.330 e. The van der Waals surface area contributed by atoms with Gasteiger partial charge in [0, 0.05) is 10.1 Å². The summed E-state index contributed by atoms with van der Waals surface area (Å²) in [5.74, 6) is -0.160. The molecule has 1 nitrogen and oxygen atoms in total. The molecule has 0 aliphatic heterocycles. The molecule has 0 spiro atoms. The maximum Gasteiger partial charge on any atom is 0.124 e. The summed E-state index contributed by atoms with van der Waals surface area (Å²) in [7, 11) is 0. The summed E-state index contributed by atoms with van der Waals surface area (Å²) in [6.07, 6.45) is 1.83. The number of nitrogens with two attached hydrogens (primary N) is 1. The molecule has 0 saturated carbocycles. The van der Waals surface area contributed by atoms with Crippen LogP contribution in [0.5, 0.6) is 0 Å². The third-order valence-electron chi connectivity index (χ3n) is 2.28. The van der Waals surface area contributed by atoms with Gasteiger partial charge in [0.1, 0.15) is 5.82 Å². The summed E-state index contributed by atoms with van der Waals surface area (Å²) < 4.78 is 13.3. The molecule has 0 amide bonds. The third kappa shape index (κ3) is 4.22. The van der Waals surface area contributed by atoms with Gasteiger partial charge in [-0.3, -0.25) is 0 Å². The Morgan fingerprint density at radius 2 is 2.13 bits per heavy atom. The quantitative estimate of drug-likeness (QED) is 0.782. The lowest BCUT2D eigenvalue weighted by atomic mass is 10.1. The van der Waals surface area contributed by atoms with Crippen LogP contribution in [0.2, 0.25) is 0 Å². The van der Waals surface area contributed by atoms with Crippen LogP contribution in [0.3, 0.4) is 0 Å². The number of hydrogen-bond acceptors (Lipinski definition) is 2. The zero-order valence-corrected chi connectivity index (χ0v) is 10.1. The maximum atomic E-state index is 13.3. The first-order valence-corrected chi connectivity index (χ1v) is 6.20. The van der Waals surface area contributed by atoms with E-state index in [0.717, 1.165) is 23.3 Å². The highest BCUT2D eigenvalue weighted by molar-refractivity contribution is 7.99. The molecule has 0 aliphatic carbocycles. The van der Waals surface area contributed by atoms with Gasteiger partial charge < -0.3 is 5.73 Å². The van der Waals surface area contributed by atoms with Crippen molar-refractivity contribution in [2.75, 3.05) is 6.54 Å². The van der Waals surface area contributed by atoms with Crippen molar-refractivity contribution in [2.24, 2.45) is 5.73 Å². The fraction of sp³-hybridized carbons (Fsp3) is 0.500. The topological polar surface area (TPSA) is 26.0 Å². The van der Waals surface area contributed by atoms with Gasteiger partial charge in [0.15, 0.2) is 0 Å². The van der Waals surface area contributed by atoms with E-state index in [9.17, 15) is 4.39 Å². The molecule has 1 aromatic rings. The van der Waals surface area contributed by atoms with E-state index in [1.165, 1.54) is 0 Å². The summed E-state index contributed by atoms with van der Waals surface area (Å²) >= 11 is 1.72. The summed E-state index contributed by atoms with van der Waals surface area (Å²) in [5, 5.41) is 0.525. The predicted octanol–water partition coefficient (Wildman–Crippen LogP) is 3.22. The summed E-state index contributed by atoms with van der Waals surface area (Å²) in [4.78, 5) is 1.01. The normalized spacial score (nSPS) is 12.8. The molecule has 1 atom stereocenters. The Balaban J connectivity index is 2.78. The number of halogens is 1. The molecular formula is C12H18FNS. The van der Waals surface area contributed by atoms with Gasteiger partial charge in [-0.2, -0.15) is 0 Å². The molecule has 0 heterocycles. The minimum atomic E-state index is -0.160. The van der Waals surface area contributed by atoms with Crippen LogP contribution in [-0.2, 0) is 6.42 Å². The largest absolute Gasteiger partial charge is 0.330 e. The molecule has 0 bridgehead atoms. The lowest BCUT2D eigenvalue weighted by Crippen LogP contribution is -2.03. The predicted molar refractivity (Wildman–Crippen MR) is 64.8 cm³/mol. The van der Waals surface area contributed by atoms with Crippen molar-refractivity contribution in [3.05, 3.63) is 29.6 Å². The summed E-state index contributed by atoms with van der Waals surface area (Å²) in [6, 6.07) is 5.19. The Bertz CT molecular complexity index is 314. The number of benzene rings is 1. The SMILES string of the molecule is CCC(C)Sc1cc(F)cc(CCN)c1. The van der Waals surface area contributed by atoms with Crippen LogP contribution in [0.4, 0.5) is 4.39 Å². The fourth-order valence-electron chi connectivity index (χ4n) is 1.32. The van der Waals surface area contributed by atoms with Crippen LogP contribution in [0, 0.1) is 5.82 Å². The van der Waals surface area contributed by atoms with E-state index < -0.39 is 0 Å². The highest BCUT2D eigenvalue weighted by Gasteiger charge is 2.05. The van der Waals surface area contributed by atoms with Crippen LogP contribution >= 0.6 is 11.8 Å². The van der Waals surface area contributed by atoms with E-state index in [-0.39, 0.29) is 5.82 Å². The number of rotatable bonds is 5. The second-order valence-electron chi connectivity index (χ2n) is 3.67. The van der Waals surface area contributed by atoms with Gasteiger partial charge in [-0.15, -0.1) is 11.8 Å². The first-order valence-electron chi connectivity index (χ1n) is 5.32. The molecule has 84 valence electrons. The lowest BCUT2D eigenvalue weighted by Gasteiger charge is -2.09. The standard InChI is InChI=1S/C12H18FNS/c1-3-9(2)15-12-7-10(4-5-14)6-11(13)8-12/h6-9H,3-5,14H2,1-2H3. The molecule has 0 fully saturated rings. The third-order valence-corrected chi connectivity index (χ3v) is 3.52. The van der Waals surface area contributed by atoms with Crippen molar-refractivity contribution in [1.82, 2.24) is 0 Å². The number of hydrogen-bond donors (Lipinski definition) is 1. The summed E-state index contributed by atoms with van der Waals surface area (Å²) in [5.41, 5.74) is 6.45. The average Bonchev–Trinajstić information content (AvgIpc) is 2.17. The molecule has 1 aromatic carbocycles. The van der Waals surface area contributed by atoms with E-state index in [0.29, 0.717) is 11.8 Å². The van der Waals surface area contributed by atoms with Gasteiger partial charge in [-0.1, -0.05) is 13.8 Å². The van der Waals surface area contributed by atoms with Crippen LogP contribution < -0.4 is 5.73 Å². The van der Waals surface area contributed by atoms with Crippen LogP contribution in [0.15, 0.2) is 23.1 Å². The average molecular weight is 227 g/mol. The first-order chi connectivity index (χ1) is 7.15. The monoisotopic (exact) mass is 227 g/mol. The van der Waals surface area contributed by atoms with Crippen molar-refractivity contribution >= 4 is 11.8 Å². The van der Waals surface area contributed by atoms with Gasteiger partial charge in [0.25, 0.3) is 0 Å². The van der Waals surface area contributed by atoms with Crippen molar-refractivity contribution in [1.29, 1.82) is 0 Å². The van der Waals surface area contributed by atoms with E-state index in [2.05, 4.69) is 13.8 Å². The van der Waals surface area contributed by atoms with E-state index >= 15 is 0 Å². The van der Waals surface area contributed by atoms with Crippen molar-refractivity contribution in [2.45, 2.75) is 36.8 Å². The molecule has 3 heteroatoms. The van der Waals surface area contributed by atoms with Gasteiger partial charge in [0.2, 0.25) is 0 Å². The Labute approximate surface area is 95.2 Å². The molecule has 15 heavy (non-hydrogen) atoms. The van der Waals surface area contributed by atoms with Gasteiger partial charge in [0.05, 0.1) is 0 Å². The molecule has 0 saturated heterocycles. The fourth-order valence-corrected chi connectivity index (χ4v) is 2.35. The van der Waals surface area contributed by atoms with Crippen LogP contribution in [0.25, 0.3) is 0 Å². The molecule has 1 unspecified atom stereocenters. The van der Waals surface area contributed by atoms with E-state index in [1.807, 2.05) is 6.07 Å². The van der Waals surface area contributed by atoms with Crippen LogP contribution in [-0.4, -0.2) is 11.8 Å². The molecular weight excluding hydrogens is 209 g/mol. The van der Waals surface area contributed by atoms with Gasteiger partial charge in [-0.05, 0) is 43.1 Å². The Morgan fingerprint density at radius 3 is 2.73 bits per heavy atom. The Hall–Kier alpha value is -0.540. The Morgan fingerprint density at radius 1 is 1.40 bits per heavy atom. The molecule has 0 radical (unpaired) electrons. The molecule has 0 aliphatic rings. The van der Waals surface area contributed by atoms with E-state index in [4.69, 9.17) is 5.73 Å². The van der Waals surface area contributed by atoms with Gasteiger partial charge >= 0.3 is 0 Å². The second-order valence-corrected chi connectivity index (χ2v) is 5.18. The van der Waals surface area contributed by atoms with Crippen molar-refractivity contribution in [3.63, 3.8) is 0 Å². The van der Waals surface area contributed by atoms with Crippen molar-refractivity contribution in [3.8, 4) is 0 Å². The Kier molecular flexibility index (Phi) is 5.12. The molecule has 1 rings (SSSR count). The highest BCUT2D eigenvalue weighted by Crippen LogP contribution is 2.26. The van der Waals surface area contributed by atoms with Crippen molar-refractivity contribution < 1.29 is 4.39 Å². The minimum absolute atomic E-state index is 0.160. The first kappa shape index (κ1) is 12.5. The summed E-state index contributed by atoms with van der Waals surface area (Å²) in [6.45, 7) is 4.85. The second kappa shape index (κ2) is 6.13. The molecule has 2 N–H and O–H groups in total. The maximum absolute atomic E-state index is 13.3. The van der Waals surface area contributed by atoms with Gasteiger partial charge in [-0.25, -0.2) is 4.39 Å². The smallest absolute Gasteiger partial charge is 0.124 e.